The van der Waals surface area contributed by atoms with Gasteiger partial charge in [-0.25, -0.2) is 0 Å². The molecule has 1 heteroatoms. The standard InChI is InChI=1S/C14H27N/c1-14(9-5-6-10-14)12-15-11-13-7-3-2-4-8-13/h13,15H,2-12H2,1H3. The van der Waals surface area contributed by atoms with Crippen molar-refractivity contribution in [2.45, 2.75) is 64.7 Å². The van der Waals surface area contributed by atoms with Crippen LogP contribution < -0.4 is 5.32 Å². The van der Waals surface area contributed by atoms with E-state index in [0.29, 0.717) is 5.41 Å². The molecule has 0 saturated heterocycles. The van der Waals surface area contributed by atoms with Gasteiger partial charge < -0.3 is 5.32 Å². The number of rotatable bonds is 4. The second kappa shape index (κ2) is 5.34. The highest BCUT2D eigenvalue weighted by Gasteiger charge is 2.28. The lowest BCUT2D eigenvalue weighted by Gasteiger charge is -2.27. The van der Waals surface area contributed by atoms with Crippen molar-refractivity contribution in [2.75, 3.05) is 13.1 Å². The first kappa shape index (κ1) is 11.4. The fourth-order valence-corrected chi connectivity index (χ4v) is 3.37. The summed E-state index contributed by atoms with van der Waals surface area (Å²) in [6.45, 7) is 5.02. The Kier molecular flexibility index (Phi) is 4.07. The smallest absolute Gasteiger partial charge is 0.000527 e. The molecule has 0 aromatic carbocycles. The Labute approximate surface area is 95.0 Å². The van der Waals surface area contributed by atoms with Gasteiger partial charge in [-0.1, -0.05) is 39.0 Å². The first-order valence-electron chi connectivity index (χ1n) is 6.99. The zero-order valence-corrected chi connectivity index (χ0v) is 10.4. The Bertz CT molecular complexity index is 176. The fourth-order valence-electron chi connectivity index (χ4n) is 3.37. The molecule has 0 aromatic heterocycles. The van der Waals surface area contributed by atoms with Crippen LogP contribution in [0.25, 0.3) is 0 Å². The van der Waals surface area contributed by atoms with E-state index in [1.807, 2.05) is 0 Å². The van der Waals surface area contributed by atoms with Gasteiger partial charge in [0, 0.05) is 6.54 Å². The second-order valence-electron chi connectivity index (χ2n) is 6.15. The molecule has 0 spiro atoms. The number of hydrogen-bond donors (Lipinski definition) is 1. The summed E-state index contributed by atoms with van der Waals surface area (Å²) >= 11 is 0. The Morgan fingerprint density at radius 2 is 1.67 bits per heavy atom. The van der Waals surface area contributed by atoms with Crippen LogP contribution in [0, 0.1) is 11.3 Å². The second-order valence-corrected chi connectivity index (χ2v) is 6.15. The minimum absolute atomic E-state index is 0.634. The van der Waals surface area contributed by atoms with Crippen LogP contribution in [0.4, 0.5) is 0 Å². The first-order valence-corrected chi connectivity index (χ1v) is 6.99. The van der Waals surface area contributed by atoms with Crippen molar-refractivity contribution in [3.63, 3.8) is 0 Å². The third kappa shape index (κ3) is 3.48. The first-order chi connectivity index (χ1) is 7.29. The van der Waals surface area contributed by atoms with Gasteiger partial charge in [-0.15, -0.1) is 0 Å². The minimum Gasteiger partial charge on any atom is -0.316 e. The zero-order valence-electron chi connectivity index (χ0n) is 10.4. The predicted molar refractivity (Wildman–Crippen MR) is 66.0 cm³/mol. The van der Waals surface area contributed by atoms with Gasteiger partial charge in [0.2, 0.25) is 0 Å². The summed E-state index contributed by atoms with van der Waals surface area (Å²) in [5, 5.41) is 3.74. The molecule has 2 saturated carbocycles. The molecule has 0 bridgehead atoms. The summed E-state index contributed by atoms with van der Waals surface area (Å²) in [7, 11) is 0. The Balaban J connectivity index is 1.61. The van der Waals surface area contributed by atoms with Crippen LogP contribution in [0.5, 0.6) is 0 Å². The van der Waals surface area contributed by atoms with Crippen molar-refractivity contribution < 1.29 is 0 Å². The summed E-state index contributed by atoms with van der Waals surface area (Å²) in [5.41, 5.74) is 0.634. The lowest BCUT2D eigenvalue weighted by atomic mass is 9.87. The van der Waals surface area contributed by atoms with Gasteiger partial charge in [0.25, 0.3) is 0 Å². The van der Waals surface area contributed by atoms with Crippen LogP contribution in [-0.2, 0) is 0 Å². The SMILES string of the molecule is CC1(CNCC2CCCCC2)CCCC1. The van der Waals surface area contributed by atoms with Gasteiger partial charge >= 0.3 is 0 Å². The maximum Gasteiger partial charge on any atom is 0.000527 e. The summed E-state index contributed by atoms with van der Waals surface area (Å²) in [5.74, 6) is 0.990. The molecule has 2 aliphatic rings. The van der Waals surface area contributed by atoms with E-state index in [4.69, 9.17) is 0 Å². The van der Waals surface area contributed by atoms with E-state index in [9.17, 15) is 0 Å². The number of hydrogen-bond acceptors (Lipinski definition) is 1. The van der Waals surface area contributed by atoms with Crippen molar-refractivity contribution in [1.82, 2.24) is 5.32 Å². The van der Waals surface area contributed by atoms with Crippen LogP contribution in [0.15, 0.2) is 0 Å². The van der Waals surface area contributed by atoms with Gasteiger partial charge in [0.1, 0.15) is 0 Å². The van der Waals surface area contributed by atoms with Crippen LogP contribution in [-0.4, -0.2) is 13.1 Å². The molecule has 0 unspecified atom stereocenters. The summed E-state index contributed by atoms with van der Waals surface area (Å²) in [4.78, 5) is 0. The molecule has 15 heavy (non-hydrogen) atoms. The topological polar surface area (TPSA) is 12.0 Å². The highest BCUT2D eigenvalue weighted by Crippen LogP contribution is 2.36. The van der Waals surface area contributed by atoms with Gasteiger partial charge in [0.15, 0.2) is 0 Å². The molecule has 0 radical (unpaired) electrons. The molecule has 1 nitrogen and oxygen atoms in total. The molecule has 0 amide bonds. The van der Waals surface area contributed by atoms with Gasteiger partial charge in [0.05, 0.1) is 0 Å². The van der Waals surface area contributed by atoms with Crippen LogP contribution in [0.2, 0.25) is 0 Å². The van der Waals surface area contributed by atoms with Crippen molar-refractivity contribution in [2.24, 2.45) is 11.3 Å². The third-order valence-corrected chi connectivity index (χ3v) is 4.52. The van der Waals surface area contributed by atoms with Crippen molar-refractivity contribution in [1.29, 1.82) is 0 Å². The van der Waals surface area contributed by atoms with Crippen molar-refractivity contribution in [3.05, 3.63) is 0 Å². The molecule has 0 aliphatic heterocycles. The Morgan fingerprint density at radius 3 is 2.33 bits per heavy atom. The van der Waals surface area contributed by atoms with Crippen LogP contribution >= 0.6 is 0 Å². The van der Waals surface area contributed by atoms with Gasteiger partial charge in [-0.3, -0.25) is 0 Å². The molecule has 0 aromatic rings. The number of nitrogens with one attached hydrogen (secondary N) is 1. The largest absolute Gasteiger partial charge is 0.316 e. The average Bonchev–Trinajstić information content (AvgIpc) is 2.67. The zero-order chi connectivity index (χ0) is 10.6. The average molecular weight is 209 g/mol. The summed E-state index contributed by atoms with van der Waals surface area (Å²) in [6.07, 6.45) is 13.2. The molecule has 2 aliphatic carbocycles. The van der Waals surface area contributed by atoms with Crippen LogP contribution in [0.1, 0.15) is 64.7 Å². The van der Waals surface area contributed by atoms with Crippen LogP contribution in [0.3, 0.4) is 0 Å². The van der Waals surface area contributed by atoms with E-state index in [-0.39, 0.29) is 0 Å². The molecule has 0 atom stereocenters. The summed E-state index contributed by atoms with van der Waals surface area (Å²) < 4.78 is 0. The monoisotopic (exact) mass is 209 g/mol. The maximum absolute atomic E-state index is 3.74. The summed E-state index contributed by atoms with van der Waals surface area (Å²) in [6, 6.07) is 0. The highest BCUT2D eigenvalue weighted by molar-refractivity contribution is 4.82. The van der Waals surface area contributed by atoms with E-state index in [1.54, 1.807) is 0 Å². The van der Waals surface area contributed by atoms with Crippen molar-refractivity contribution >= 4 is 0 Å². The van der Waals surface area contributed by atoms with Crippen molar-refractivity contribution in [3.8, 4) is 0 Å². The van der Waals surface area contributed by atoms with E-state index >= 15 is 0 Å². The third-order valence-electron chi connectivity index (χ3n) is 4.52. The fraction of sp³-hybridized carbons (Fsp3) is 1.00. The molecular formula is C14H27N. The van der Waals surface area contributed by atoms with E-state index in [1.165, 1.54) is 70.9 Å². The predicted octanol–water partition coefficient (Wildman–Crippen LogP) is 3.74. The quantitative estimate of drug-likeness (QED) is 0.744. The van der Waals surface area contributed by atoms with E-state index < -0.39 is 0 Å². The normalized spacial score (nSPS) is 27.0. The Morgan fingerprint density at radius 1 is 1.00 bits per heavy atom. The van der Waals surface area contributed by atoms with Gasteiger partial charge in [-0.2, -0.15) is 0 Å². The van der Waals surface area contributed by atoms with Gasteiger partial charge in [-0.05, 0) is 43.6 Å². The molecule has 2 rings (SSSR count). The van der Waals surface area contributed by atoms with E-state index in [2.05, 4.69) is 12.2 Å². The maximum atomic E-state index is 3.74. The molecule has 0 heterocycles. The molecule has 88 valence electrons. The molecule has 1 N–H and O–H groups in total. The highest BCUT2D eigenvalue weighted by atomic mass is 14.9. The molecule has 2 fully saturated rings. The lowest BCUT2D eigenvalue weighted by Crippen LogP contribution is -2.33. The lowest BCUT2D eigenvalue weighted by molar-refractivity contribution is 0.283. The van der Waals surface area contributed by atoms with E-state index in [0.717, 1.165) is 5.92 Å². The Hall–Kier alpha value is -0.0400. The minimum atomic E-state index is 0.634. The molecular weight excluding hydrogens is 182 g/mol.